The molecule has 0 saturated carbocycles. The van der Waals surface area contributed by atoms with Gasteiger partial charge >= 0.3 is 0 Å². The van der Waals surface area contributed by atoms with E-state index in [9.17, 15) is 23.3 Å². The Kier molecular flexibility index (Phi) is 9.86. The van der Waals surface area contributed by atoms with Crippen LogP contribution in [0.1, 0.15) is 25.0 Å². The molecule has 0 aliphatic carbocycles. The predicted octanol–water partition coefficient (Wildman–Crippen LogP) is 2.11. The number of hydrogen-bond donors (Lipinski definition) is 0. The molecule has 38 heavy (non-hydrogen) atoms. The fourth-order valence-electron chi connectivity index (χ4n) is 4.60. The van der Waals surface area contributed by atoms with Crippen molar-refractivity contribution in [2.45, 2.75) is 36.8 Å². The number of nitrogens with zero attached hydrogens (tertiary/aromatic N) is 4. The number of carbonyl (C=O) groups is 1. The summed E-state index contributed by atoms with van der Waals surface area (Å²) >= 11 is 0. The SMILES string of the molecule is O=C(CN(CCCN1CCOCC1)S(=O)(=O)c1ccc([N+](=O)[O-])cc1)N(Cc1ccco1)CC1CCCO1. The molecule has 1 unspecified atom stereocenters. The molecule has 13 heteroatoms. The van der Waals surface area contributed by atoms with Crippen LogP contribution in [0.15, 0.2) is 52.0 Å². The summed E-state index contributed by atoms with van der Waals surface area (Å²) in [5.74, 6) is 0.224. The van der Waals surface area contributed by atoms with Gasteiger partial charge in [0.25, 0.3) is 5.69 Å². The fourth-order valence-corrected chi connectivity index (χ4v) is 6.03. The molecule has 3 heterocycles. The molecule has 2 aliphatic rings. The summed E-state index contributed by atoms with van der Waals surface area (Å²) in [6.45, 7) is 4.39. The first kappa shape index (κ1) is 28.2. The zero-order valence-corrected chi connectivity index (χ0v) is 22.1. The molecule has 208 valence electrons. The van der Waals surface area contributed by atoms with E-state index in [-0.39, 0.29) is 42.2 Å². The lowest BCUT2D eigenvalue weighted by Crippen LogP contribution is -2.46. The predicted molar refractivity (Wildman–Crippen MR) is 137 cm³/mol. The summed E-state index contributed by atoms with van der Waals surface area (Å²) in [5, 5.41) is 11.0. The van der Waals surface area contributed by atoms with Crippen LogP contribution in [0.25, 0.3) is 0 Å². The number of nitro groups is 1. The molecule has 1 amide bonds. The number of amides is 1. The van der Waals surface area contributed by atoms with Gasteiger partial charge in [0.15, 0.2) is 0 Å². The Morgan fingerprint density at radius 1 is 1.13 bits per heavy atom. The number of rotatable bonds is 13. The van der Waals surface area contributed by atoms with Crippen molar-refractivity contribution >= 4 is 21.6 Å². The lowest BCUT2D eigenvalue weighted by atomic mass is 10.2. The number of furan rings is 1. The van der Waals surface area contributed by atoms with E-state index in [1.54, 1.807) is 17.0 Å². The van der Waals surface area contributed by atoms with Gasteiger partial charge in [0.05, 0.1) is 48.5 Å². The van der Waals surface area contributed by atoms with Crippen molar-refractivity contribution in [3.05, 3.63) is 58.5 Å². The van der Waals surface area contributed by atoms with Gasteiger partial charge in [0.1, 0.15) is 5.76 Å². The second-order valence-electron chi connectivity index (χ2n) is 9.39. The Morgan fingerprint density at radius 3 is 2.53 bits per heavy atom. The molecule has 1 aromatic carbocycles. The average molecular weight is 551 g/mol. The molecule has 12 nitrogen and oxygen atoms in total. The summed E-state index contributed by atoms with van der Waals surface area (Å²) in [7, 11) is -4.10. The number of nitro benzene ring substituents is 1. The van der Waals surface area contributed by atoms with Gasteiger partial charge in [-0.2, -0.15) is 4.31 Å². The molecule has 2 saturated heterocycles. The zero-order chi connectivity index (χ0) is 27.0. The number of non-ortho nitro benzene ring substituents is 1. The molecule has 2 aliphatic heterocycles. The lowest BCUT2D eigenvalue weighted by Gasteiger charge is -2.30. The Hall–Kier alpha value is -2.84. The molecule has 4 rings (SSSR count). The average Bonchev–Trinajstić information content (AvgIpc) is 3.63. The standard InChI is InChI=1S/C25H34N4O8S/c30-25(27(18-22-4-1-14-36-22)19-23-5-2-15-37-23)20-28(11-3-10-26-12-16-35-17-13-26)38(33,34)24-8-6-21(7-9-24)29(31)32/h1,4,6-9,14,23H,2-3,5,10-13,15-20H2. The largest absolute Gasteiger partial charge is 0.467 e. The van der Waals surface area contributed by atoms with Crippen LogP contribution >= 0.6 is 0 Å². The Bertz CT molecular complexity index is 1140. The van der Waals surface area contributed by atoms with E-state index in [1.165, 1.54) is 22.7 Å². The van der Waals surface area contributed by atoms with Gasteiger partial charge in [0.2, 0.25) is 15.9 Å². The van der Waals surface area contributed by atoms with Crippen LogP contribution in [-0.2, 0) is 30.8 Å². The highest BCUT2D eigenvalue weighted by molar-refractivity contribution is 7.89. The van der Waals surface area contributed by atoms with Crippen molar-refractivity contribution < 1.29 is 32.0 Å². The van der Waals surface area contributed by atoms with E-state index in [0.717, 1.165) is 38.1 Å². The van der Waals surface area contributed by atoms with Crippen molar-refractivity contribution in [3.63, 3.8) is 0 Å². The summed E-state index contributed by atoms with van der Waals surface area (Å²) in [6, 6.07) is 8.23. The molecular weight excluding hydrogens is 516 g/mol. The lowest BCUT2D eigenvalue weighted by molar-refractivity contribution is -0.384. The Balaban J connectivity index is 1.51. The first-order valence-electron chi connectivity index (χ1n) is 12.8. The Labute approximate surface area is 222 Å². The number of ether oxygens (including phenoxy) is 2. The van der Waals surface area contributed by atoms with E-state index >= 15 is 0 Å². The summed E-state index contributed by atoms with van der Waals surface area (Å²) < 4.78 is 45.0. The van der Waals surface area contributed by atoms with Gasteiger partial charge in [-0.1, -0.05) is 0 Å². The molecule has 0 spiro atoms. The maximum Gasteiger partial charge on any atom is 0.269 e. The molecule has 0 radical (unpaired) electrons. The molecule has 0 N–H and O–H groups in total. The number of benzene rings is 1. The van der Waals surface area contributed by atoms with Gasteiger partial charge in [-0.3, -0.25) is 19.8 Å². The fraction of sp³-hybridized carbons (Fsp3) is 0.560. The Morgan fingerprint density at radius 2 is 1.89 bits per heavy atom. The second-order valence-corrected chi connectivity index (χ2v) is 11.3. The first-order valence-corrected chi connectivity index (χ1v) is 14.2. The van der Waals surface area contributed by atoms with Crippen molar-refractivity contribution in [1.82, 2.24) is 14.1 Å². The summed E-state index contributed by atoms with van der Waals surface area (Å²) in [6.07, 6.45) is 3.67. The van der Waals surface area contributed by atoms with Crippen LogP contribution in [0.3, 0.4) is 0 Å². The minimum absolute atomic E-state index is 0.0982. The molecule has 1 atom stereocenters. The smallest absolute Gasteiger partial charge is 0.269 e. The number of sulfonamides is 1. The zero-order valence-electron chi connectivity index (χ0n) is 21.3. The van der Waals surface area contributed by atoms with E-state index in [2.05, 4.69) is 4.90 Å². The van der Waals surface area contributed by atoms with Gasteiger partial charge in [-0.25, -0.2) is 8.42 Å². The van der Waals surface area contributed by atoms with Crippen molar-refractivity contribution in [2.24, 2.45) is 0 Å². The molecule has 2 fully saturated rings. The van der Waals surface area contributed by atoms with Crippen LogP contribution in [0.5, 0.6) is 0 Å². The van der Waals surface area contributed by atoms with Crippen LogP contribution < -0.4 is 0 Å². The summed E-state index contributed by atoms with van der Waals surface area (Å²) in [5.41, 5.74) is -0.208. The van der Waals surface area contributed by atoms with Gasteiger partial charge in [-0.05, 0) is 50.1 Å². The van der Waals surface area contributed by atoms with Crippen LogP contribution in [0.2, 0.25) is 0 Å². The molecule has 1 aromatic heterocycles. The van der Waals surface area contributed by atoms with Gasteiger partial charge in [0, 0.05) is 44.9 Å². The van der Waals surface area contributed by atoms with E-state index in [4.69, 9.17) is 13.9 Å². The first-order chi connectivity index (χ1) is 18.3. The minimum atomic E-state index is -4.10. The van der Waals surface area contributed by atoms with E-state index in [0.29, 0.717) is 45.1 Å². The quantitative estimate of drug-likeness (QED) is 0.271. The normalized spacial score (nSPS) is 18.6. The minimum Gasteiger partial charge on any atom is -0.467 e. The van der Waals surface area contributed by atoms with E-state index in [1.807, 2.05) is 0 Å². The summed E-state index contributed by atoms with van der Waals surface area (Å²) in [4.78, 5) is 27.7. The third-order valence-corrected chi connectivity index (χ3v) is 8.57. The third-order valence-electron chi connectivity index (χ3n) is 6.71. The van der Waals surface area contributed by atoms with Crippen molar-refractivity contribution in [1.29, 1.82) is 0 Å². The topological polar surface area (TPSA) is 136 Å². The monoisotopic (exact) mass is 550 g/mol. The van der Waals surface area contributed by atoms with Crippen LogP contribution in [0, 0.1) is 10.1 Å². The van der Waals surface area contributed by atoms with Crippen LogP contribution in [-0.4, -0.2) is 98.5 Å². The highest BCUT2D eigenvalue weighted by Crippen LogP contribution is 2.21. The maximum absolute atomic E-state index is 13.6. The van der Waals surface area contributed by atoms with Crippen molar-refractivity contribution in [2.75, 3.05) is 59.1 Å². The number of hydrogen-bond acceptors (Lipinski definition) is 9. The van der Waals surface area contributed by atoms with E-state index < -0.39 is 14.9 Å². The third kappa shape index (κ3) is 7.60. The second kappa shape index (κ2) is 13.3. The maximum atomic E-state index is 13.6. The molecule has 2 aromatic rings. The van der Waals surface area contributed by atoms with Gasteiger partial charge < -0.3 is 18.8 Å². The highest BCUT2D eigenvalue weighted by Gasteiger charge is 2.31. The highest BCUT2D eigenvalue weighted by atomic mass is 32.2. The molecular formula is C25H34N4O8S. The molecule has 0 bridgehead atoms. The van der Waals surface area contributed by atoms with Crippen LogP contribution in [0.4, 0.5) is 5.69 Å². The van der Waals surface area contributed by atoms with Crippen molar-refractivity contribution in [3.8, 4) is 0 Å². The number of carbonyl (C=O) groups excluding carboxylic acids is 1. The number of morpholine rings is 1. The van der Waals surface area contributed by atoms with Gasteiger partial charge in [-0.15, -0.1) is 0 Å².